The lowest BCUT2D eigenvalue weighted by Crippen LogP contribution is -2.37. The molecule has 170 valence electrons. The second-order valence-corrected chi connectivity index (χ2v) is 9.00. The van der Waals surface area contributed by atoms with Gasteiger partial charge < -0.3 is 10.0 Å². The van der Waals surface area contributed by atoms with Crippen LogP contribution in [0.5, 0.6) is 5.75 Å². The molecule has 0 radical (unpaired) electrons. The summed E-state index contributed by atoms with van der Waals surface area (Å²) in [4.78, 5) is 32.2. The van der Waals surface area contributed by atoms with E-state index in [1.165, 1.54) is 22.3 Å². The normalized spacial score (nSPS) is 13.6. The first-order valence-corrected chi connectivity index (χ1v) is 11.5. The quantitative estimate of drug-likeness (QED) is 0.412. The molecule has 0 spiro atoms. The van der Waals surface area contributed by atoms with E-state index in [0.29, 0.717) is 10.7 Å². The van der Waals surface area contributed by atoms with Crippen LogP contribution in [0.2, 0.25) is 0 Å². The molecule has 0 saturated carbocycles. The average molecular weight is 474 g/mol. The van der Waals surface area contributed by atoms with E-state index in [4.69, 9.17) is 0 Å². The summed E-state index contributed by atoms with van der Waals surface area (Å²) in [5.41, 5.74) is 4.22. The number of hydrogen-bond donors (Lipinski definition) is 2. The highest BCUT2D eigenvalue weighted by Gasteiger charge is 2.39. The number of thiazole rings is 1. The minimum absolute atomic E-state index is 0.00831. The summed E-state index contributed by atoms with van der Waals surface area (Å²) in [6, 6.07) is 15.7. The van der Waals surface area contributed by atoms with Crippen molar-refractivity contribution in [2.75, 3.05) is 5.32 Å². The number of anilines is 1. The summed E-state index contributed by atoms with van der Waals surface area (Å²) >= 11 is 1.22. The van der Waals surface area contributed by atoms with Gasteiger partial charge in [-0.3, -0.25) is 14.9 Å². The van der Waals surface area contributed by atoms with Crippen LogP contribution in [0.4, 0.5) is 9.52 Å². The lowest BCUT2D eigenvalue weighted by molar-refractivity contribution is -0.120. The number of nitrogens with one attached hydrogen (secondary N) is 1. The van der Waals surface area contributed by atoms with Crippen LogP contribution in [0, 0.1) is 12.7 Å². The van der Waals surface area contributed by atoms with Crippen LogP contribution in [-0.2, 0) is 11.3 Å². The Labute approximate surface area is 199 Å². The lowest BCUT2D eigenvalue weighted by Gasteiger charge is -2.27. The van der Waals surface area contributed by atoms with Gasteiger partial charge in [0.25, 0.3) is 11.8 Å². The van der Waals surface area contributed by atoms with Crippen LogP contribution >= 0.6 is 11.3 Å². The number of aromatic hydroxyl groups is 1. The van der Waals surface area contributed by atoms with E-state index >= 15 is 0 Å². The Morgan fingerprint density at radius 3 is 2.62 bits per heavy atom. The number of fused-ring (bicyclic) bond motifs is 1. The maximum absolute atomic E-state index is 14.1. The zero-order chi connectivity index (χ0) is 23.8. The Kier molecular flexibility index (Phi) is 5.59. The number of benzene rings is 3. The molecule has 3 aromatic carbocycles. The topological polar surface area (TPSA) is 82.5 Å². The number of phenolic OH excluding ortho intramolecular Hbond substituents is 1. The van der Waals surface area contributed by atoms with E-state index in [9.17, 15) is 19.1 Å². The van der Waals surface area contributed by atoms with Crippen molar-refractivity contribution in [3.8, 4) is 16.9 Å². The monoisotopic (exact) mass is 473 g/mol. The van der Waals surface area contributed by atoms with Crippen LogP contribution in [-0.4, -0.2) is 26.8 Å². The molecule has 1 aliphatic heterocycles. The zero-order valence-corrected chi connectivity index (χ0v) is 19.0. The highest BCUT2D eigenvalue weighted by Crippen LogP contribution is 2.37. The second-order valence-electron chi connectivity index (χ2n) is 8.10. The van der Waals surface area contributed by atoms with Crippen LogP contribution < -0.4 is 5.32 Å². The molecule has 8 heteroatoms. The number of hydrogen-bond acceptors (Lipinski definition) is 5. The number of aryl methyl sites for hydroxylation is 1. The summed E-state index contributed by atoms with van der Waals surface area (Å²) in [6.07, 6.45) is 1.54. The SMILES string of the molecule is Cc1ccc(-c2ccc3c(c2)C(=O)N(C(C(=O)Nc2nccs2)c2cc(F)ccc2O)C3)cc1. The molecular weight excluding hydrogens is 453 g/mol. The van der Waals surface area contributed by atoms with Gasteiger partial charge in [0, 0.05) is 29.2 Å². The maximum atomic E-state index is 14.1. The molecule has 6 nitrogen and oxygen atoms in total. The molecular formula is C26H20FN3O3S. The van der Waals surface area contributed by atoms with Crippen molar-refractivity contribution < 1.29 is 19.1 Å². The highest BCUT2D eigenvalue weighted by atomic mass is 32.1. The average Bonchev–Trinajstić information content (AvgIpc) is 3.45. The fourth-order valence-corrected chi connectivity index (χ4v) is 4.64. The Morgan fingerprint density at radius 1 is 1.12 bits per heavy atom. The lowest BCUT2D eigenvalue weighted by atomic mass is 10.00. The minimum Gasteiger partial charge on any atom is -0.508 e. The summed E-state index contributed by atoms with van der Waals surface area (Å²) in [5.74, 6) is -1.85. The van der Waals surface area contributed by atoms with Crippen molar-refractivity contribution in [2.24, 2.45) is 0 Å². The first kappa shape index (κ1) is 21.8. The van der Waals surface area contributed by atoms with Crippen molar-refractivity contribution in [1.29, 1.82) is 0 Å². The number of rotatable bonds is 5. The Hall–Kier alpha value is -4.04. The van der Waals surface area contributed by atoms with Crippen molar-refractivity contribution in [3.05, 3.63) is 100 Å². The van der Waals surface area contributed by atoms with E-state index in [-0.39, 0.29) is 23.8 Å². The Balaban J connectivity index is 1.53. The van der Waals surface area contributed by atoms with Crippen LogP contribution in [0.15, 0.2) is 72.2 Å². The fourth-order valence-electron chi connectivity index (χ4n) is 4.11. The van der Waals surface area contributed by atoms with Gasteiger partial charge in [-0.15, -0.1) is 11.3 Å². The zero-order valence-electron chi connectivity index (χ0n) is 18.2. The van der Waals surface area contributed by atoms with Gasteiger partial charge in [-0.05, 0) is 47.9 Å². The van der Waals surface area contributed by atoms with E-state index in [1.807, 2.05) is 49.4 Å². The molecule has 0 bridgehead atoms. The maximum Gasteiger partial charge on any atom is 0.255 e. The van der Waals surface area contributed by atoms with Gasteiger partial charge in [-0.2, -0.15) is 0 Å². The second kappa shape index (κ2) is 8.72. The van der Waals surface area contributed by atoms with Crippen LogP contribution in [0.25, 0.3) is 11.1 Å². The van der Waals surface area contributed by atoms with Gasteiger partial charge in [0.1, 0.15) is 17.6 Å². The van der Waals surface area contributed by atoms with E-state index in [2.05, 4.69) is 10.3 Å². The van der Waals surface area contributed by atoms with Gasteiger partial charge in [0.15, 0.2) is 5.13 Å². The molecule has 2 N–H and O–H groups in total. The van der Waals surface area contributed by atoms with Crippen molar-refractivity contribution >= 4 is 28.3 Å². The summed E-state index contributed by atoms with van der Waals surface area (Å²) < 4.78 is 14.1. The van der Waals surface area contributed by atoms with E-state index in [0.717, 1.165) is 34.4 Å². The van der Waals surface area contributed by atoms with Crippen molar-refractivity contribution in [1.82, 2.24) is 9.88 Å². The number of phenols is 1. The van der Waals surface area contributed by atoms with E-state index in [1.54, 1.807) is 11.6 Å². The third-order valence-electron chi connectivity index (χ3n) is 5.83. The molecule has 1 aromatic heterocycles. The van der Waals surface area contributed by atoms with Gasteiger partial charge >= 0.3 is 0 Å². The molecule has 0 fully saturated rings. The minimum atomic E-state index is -1.25. The van der Waals surface area contributed by atoms with Crippen LogP contribution in [0.1, 0.15) is 33.1 Å². The van der Waals surface area contributed by atoms with Crippen LogP contribution in [0.3, 0.4) is 0 Å². The molecule has 0 aliphatic carbocycles. The number of nitrogens with zero attached hydrogens (tertiary/aromatic N) is 2. The molecule has 1 atom stereocenters. The number of aromatic nitrogens is 1. The summed E-state index contributed by atoms with van der Waals surface area (Å²) in [7, 11) is 0. The summed E-state index contributed by atoms with van der Waals surface area (Å²) in [5, 5.41) is 15.2. The molecule has 2 amide bonds. The molecule has 34 heavy (non-hydrogen) atoms. The summed E-state index contributed by atoms with van der Waals surface area (Å²) in [6.45, 7) is 2.15. The molecule has 2 heterocycles. The Bertz CT molecular complexity index is 1390. The first-order valence-electron chi connectivity index (χ1n) is 10.6. The largest absolute Gasteiger partial charge is 0.508 e. The number of amides is 2. The third kappa shape index (κ3) is 4.04. The molecule has 0 saturated heterocycles. The predicted octanol–water partition coefficient (Wildman–Crippen LogP) is 5.30. The smallest absolute Gasteiger partial charge is 0.255 e. The molecule has 4 aromatic rings. The fraction of sp³-hybridized carbons (Fsp3) is 0.115. The van der Waals surface area contributed by atoms with E-state index < -0.39 is 17.8 Å². The molecule has 5 rings (SSSR count). The number of carbonyl (C=O) groups excluding carboxylic acids is 2. The van der Waals surface area contributed by atoms with Gasteiger partial charge in [-0.25, -0.2) is 9.37 Å². The standard InChI is InChI=1S/C26H20FN3O3S/c1-15-2-4-16(5-3-15)17-6-7-18-14-30(25(33)20(18)12-17)23(21-13-19(27)8-9-22(21)31)24(32)29-26-28-10-11-34-26/h2-13,23,31H,14H2,1H3,(H,28,29,32). The predicted molar refractivity (Wildman–Crippen MR) is 128 cm³/mol. The van der Waals surface area contributed by atoms with Gasteiger partial charge in [0.2, 0.25) is 0 Å². The first-order chi connectivity index (χ1) is 16.4. The Morgan fingerprint density at radius 2 is 1.88 bits per heavy atom. The van der Waals surface area contributed by atoms with Crippen molar-refractivity contribution in [2.45, 2.75) is 19.5 Å². The highest BCUT2D eigenvalue weighted by molar-refractivity contribution is 7.13. The molecule has 1 aliphatic rings. The van der Waals surface area contributed by atoms with Crippen molar-refractivity contribution in [3.63, 3.8) is 0 Å². The number of carbonyl (C=O) groups is 2. The number of halogens is 1. The molecule has 1 unspecified atom stereocenters. The third-order valence-corrected chi connectivity index (χ3v) is 6.52. The van der Waals surface area contributed by atoms with Gasteiger partial charge in [-0.1, -0.05) is 42.0 Å². The van der Waals surface area contributed by atoms with Gasteiger partial charge in [0.05, 0.1) is 0 Å².